The summed E-state index contributed by atoms with van der Waals surface area (Å²) in [6.45, 7) is -1.40. The van der Waals surface area contributed by atoms with E-state index < -0.39 is 19.0 Å². The van der Waals surface area contributed by atoms with Gasteiger partial charge in [0.15, 0.2) is 6.61 Å². The van der Waals surface area contributed by atoms with E-state index in [1.807, 2.05) is 0 Å². The van der Waals surface area contributed by atoms with Gasteiger partial charge in [-0.2, -0.15) is 8.78 Å². The largest absolute Gasteiger partial charge is 0.463 e. The van der Waals surface area contributed by atoms with Gasteiger partial charge in [-0.15, -0.1) is 0 Å². The van der Waals surface area contributed by atoms with Crippen molar-refractivity contribution in [2.24, 2.45) is 0 Å². The number of nitrogens with zero attached hydrogens (tertiary/aromatic N) is 1. The molecule has 0 fully saturated rings. The van der Waals surface area contributed by atoms with Crippen molar-refractivity contribution in [3.63, 3.8) is 0 Å². The quantitative estimate of drug-likeness (QED) is 0.691. The first-order valence-electron chi connectivity index (χ1n) is 4.83. The molecule has 2 N–H and O–H groups in total. The highest BCUT2D eigenvalue weighted by Crippen LogP contribution is 2.31. The molecule has 0 aliphatic heterocycles. The number of nitrogens with two attached hydrogens (primary N) is 1. The van der Waals surface area contributed by atoms with Crippen molar-refractivity contribution in [3.8, 4) is 5.19 Å². The van der Waals surface area contributed by atoms with Gasteiger partial charge in [0.1, 0.15) is 0 Å². The van der Waals surface area contributed by atoms with Crippen LogP contribution in [0.5, 0.6) is 5.19 Å². The Morgan fingerprint density at radius 3 is 2.78 bits per heavy atom. The average Bonchev–Trinajstić information content (AvgIpc) is 2.68. The Kier molecular flexibility index (Phi) is 3.29. The van der Waals surface area contributed by atoms with Crippen molar-refractivity contribution >= 4 is 27.2 Å². The molecule has 2 rings (SSSR count). The number of fused-ring (bicyclic) bond motifs is 1. The van der Waals surface area contributed by atoms with Crippen LogP contribution in [0.15, 0.2) is 18.2 Å². The summed E-state index contributed by atoms with van der Waals surface area (Å²) >= 11 is 0.972. The number of alkyl halides is 4. The van der Waals surface area contributed by atoms with Crippen molar-refractivity contribution in [2.45, 2.75) is 12.3 Å². The Labute approximate surface area is 103 Å². The van der Waals surface area contributed by atoms with Crippen LogP contribution >= 0.6 is 11.3 Å². The van der Waals surface area contributed by atoms with Crippen LogP contribution in [0.1, 0.15) is 0 Å². The Morgan fingerprint density at radius 1 is 1.39 bits per heavy atom. The topological polar surface area (TPSA) is 48.1 Å². The van der Waals surface area contributed by atoms with E-state index in [4.69, 9.17) is 5.73 Å². The fraction of sp³-hybridized carbons (Fsp3) is 0.300. The molecule has 0 saturated heterocycles. The number of aromatic nitrogens is 1. The number of halogens is 4. The van der Waals surface area contributed by atoms with E-state index in [2.05, 4.69) is 9.72 Å². The van der Waals surface area contributed by atoms with Gasteiger partial charge in [-0.25, -0.2) is 13.8 Å². The van der Waals surface area contributed by atoms with E-state index in [0.717, 1.165) is 11.3 Å². The number of nitrogen functional groups attached to an aromatic ring is 1. The second kappa shape index (κ2) is 4.60. The van der Waals surface area contributed by atoms with Crippen molar-refractivity contribution in [3.05, 3.63) is 18.2 Å². The normalized spacial score (nSPS) is 12.3. The molecule has 0 aliphatic carbocycles. The number of anilines is 1. The average molecular weight is 280 g/mol. The summed E-state index contributed by atoms with van der Waals surface area (Å²) in [6.07, 6.45) is -3.76. The number of rotatable bonds is 4. The van der Waals surface area contributed by atoms with E-state index >= 15 is 0 Å². The molecule has 0 atom stereocenters. The zero-order valence-electron chi connectivity index (χ0n) is 8.87. The number of hydrogen-bond acceptors (Lipinski definition) is 4. The minimum absolute atomic E-state index is 0.0871. The summed E-state index contributed by atoms with van der Waals surface area (Å²) < 4.78 is 54.3. The molecule has 1 aromatic heterocycles. The number of benzene rings is 1. The predicted molar refractivity (Wildman–Crippen MR) is 60.5 cm³/mol. The number of ether oxygens (including phenoxy) is 1. The molecule has 8 heteroatoms. The predicted octanol–water partition coefficient (Wildman–Crippen LogP) is 3.16. The molecule has 3 nitrogen and oxygen atoms in total. The molecule has 1 aromatic carbocycles. The molecule has 18 heavy (non-hydrogen) atoms. The first-order valence-corrected chi connectivity index (χ1v) is 5.65. The van der Waals surface area contributed by atoms with E-state index in [-0.39, 0.29) is 5.19 Å². The lowest BCUT2D eigenvalue weighted by molar-refractivity contribution is -0.148. The van der Waals surface area contributed by atoms with Gasteiger partial charge in [0.05, 0.1) is 10.2 Å². The molecule has 0 unspecified atom stereocenters. The lowest BCUT2D eigenvalue weighted by atomic mass is 10.3. The molecule has 0 radical (unpaired) electrons. The Bertz CT molecular complexity index is 558. The Balaban J connectivity index is 2.13. The fourth-order valence-electron chi connectivity index (χ4n) is 1.20. The third kappa shape index (κ3) is 2.63. The maximum absolute atomic E-state index is 12.6. The van der Waals surface area contributed by atoms with Crippen LogP contribution in [0, 0.1) is 0 Å². The van der Waals surface area contributed by atoms with E-state index in [1.165, 1.54) is 0 Å². The van der Waals surface area contributed by atoms with Gasteiger partial charge in [-0.1, -0.05) is 11.3 Å². The summed E-state index contributed by atoms with van der Waals surface area (Å²) in [7, 11) is 0. The van der Waals surface area contributed by atoms with E-state index in [9.17, 15) is 17.6 Å². The summed E-state index contributed by atoms with van der Waals surface area (Å²) in [6, 6.07) is 4.80. The highest BCUT2D eigenvalue weighted by atomic mass is 32.1. The third-order valence-electron chi connectivity index (χ3n) is 2.10. The first-order chi connectivity index (χ1) is 8.38. The number of hydrogen-bond donors (Lipinski definition) is 1. The lowest BCUT2D eigenvalue weighted by Gasteiger charge is -2.14. The zero-order valence-corrected chi connectivity index (χ0v) is 9.69. The summed E-state index contributed by atoms with van der Waals surface area (Å²) in [5, 5.41) is -0.0871. The summed E-state index contributed by atoms with van der Waals surface area (Å²) in [5.41, 5.74) is 6.55. The van der Waals surface area contributed by atoms with Crippen LogP contribution in [-0.4, -0.2) is 23.9 Å². The van der Waals surface area contributed by atoms with Crippen LogP contribution < -0.4 is 10.5 Å². The third-order valence-corrected chi connectivity index (χ3v) is 3.03. The first kappa shape index (κ1) is 12.9. The Hall–Kier alpha value is -1.57. The second-order valence-electron chi connectivity index (χ2n) is 3.56. The molecule has 1 heterocycles. The van der Waals surface area contributed by atoms with Gasteiger partial charge >= 0.3 is 12.3 Å². The smallest absolute Gasteiger partial charge is 0.340 e. The molecule has 0 spiro atoms. The van der Waals surface area contributed by atoms with Gasteiger partial charge in [0.25, 0.3) is 5.19 Å². The molecular formula is C10H8F4N2OS. The maximum atomic E-state index is 12.6. The van der Waals surface area contributed by atoms with Crippen LogP contribution in [0.4, 0.5) is 23.2 Å². The molecule has 0 saturated carbocycles. The lowest BCUT2D eigenvalue weighted by Crippen LogP contribution is -2.33. The Morgan fingerprint density at radius 2 is 2.11 bits per heavy atom. The van der Waals surface area contributed by atoms with Crippen LogP contribution in [0.2, 0.25) is 0 Å². The fourth-order valence-corrected chi connectivity index (χ4v) is 2.07. The minimum Gasteiger partial charge on any atom is -0.463 e. The van der Waals surface area contributed by atoms with Crippen molar-refractivity contribution in [1.29, 1.82) is 0 Å². The van der Waals surface area contributed by atoms with Crippen molar-refractivity contribution < 1.29 is 22.3 Å². The van der Waals surface area contributed by atoms with Crippen LogP contribution in [0.3, 0.4) is 0 Å². The SMILES string of the molecule is Nc1ccc2nc(OCC(F)(F)C(F)F)sc2c1. The summed E-state index contributed by atoms with van der Waals surface area (Å²) in [4.78, 5) is 3.88. The second-order valence-corrected chi connectivity index (χ2v) is 4.55. The van der Waals surface area contributed by atoms with Gasteiger partial charge in [-0.3, -0.25) is 0 Å². The van der Waals surface area contributed by atoms with Crippen molar-refractivity contribution in [1.82, 2.24) is 4.98 Å². The molecule has 98 valence electrons. The van der Waals surface area contributed by atoms with Crippen molar-refractivity contribution in [2.75, 3.05) is 12.3 Å². The number of thiazole rings is 1. The standard InChI is InChI=1S/C10H8F4N2OS/c11-8(12)10(13,14)4-17-9-16-6-2-1-5(15)3-7(6)18-9/h1-3,8H,4,15H2. The van der Waals surface area contributed by atoms with E-state index in [0.29, 0.717) is 15.9 Å². The highest BCUT2D eigenvalue weighted by Gasteiger charge is 2.42. The molecule has 0 bridgehead atoms. The highest BCUT2D eigenvalue weighted by molar-refractivity contribution is 7.20. The molecule has 0 amide bonds. The van der Waals surface area contributed by atoms with Crippen LogP contribution in [0.25, 0.3) is 10.2 Å². The molecule has 0 aliphatic rings. The maximum Gasteiger partial charge on any atom is 0.340 e. The van der Waals surface area contributed by atoms with E-state index in [1.54, 1.807) is 18.2 Å². The monoisotopic (exact) mass is 280 g/mol. The van der Waals surface area contributed by atoms with Crippen LogP contribution in [-0.2, 0) is 0 Å². The van der Waals surface area contributed by atoms with Gasteiger partial charge in [0.2, 0.25) is 0 Å². The van der Waals surface area contributed by atoms with Gasteiger partial charge in [-0.05, 0) is 18.2 Å². The zero-order chi connectivity index (χ0) is 13.3. The summed E-state index contributed by atoms with van der Waals surface area (Å²) in [5.74, 6) is -4.18. The van der Waals surface area contributed by atoms with Gasteiger partial charge < -0.3 is 10.5 Å². The minimum atomic E-state index is -4.18. The van der Waals surface area contributed by atoms with Gasteiger partial charge in [0, 0.05) is 5.69 Å². The molecular weight excluding hydrogens is 272 g/mol. The molecule has 2 aromatic rings.